The zero-order chi connectivity index (χ0) is 25.0. The van der Waals surface area contributed by atoms with Crippen molar-refractivity contribution in [3.05, 3.63) is 144 Å². The maximum absolute atomic E-state index is 13.8. The maximum Gasteiger partial charge on any atom is 0.287 e. The van der Waals surface area contributed by atoms with E-state index in [0.717, 1.165) is 5.56 Å². The topological polar surface area (TPSA) is 88.2 Å². The summed E-state index contributed by atoms with van der Waals surface area (Å²) in [4.78, 5) is 21.8. The number of nitrogens with one attached hydrogen (secondary N) is 1. The van der Waals surface area contributed by atoms with Gasteiger partial charge in [-0.05, 0) is 42.0 Å². The van der Waals surface area contributed by atoms with Gasteiger partial charge in [-0.1, -0.05) is 54.6 Å². The number of aliphatic hydroxyl groups is 1. The second-order valence-corrected chi connectivity index (χ2v) is 8.24. The Balaban J connectivity index is 1.59. The zero-order valence-electron chi connectivity index (χ0n) is 19.1. The van der Waals surface area contributed by atoms with Crippen molar-refractivity contribution in [2.45, 2.75) is 11.6 Å². The van der Waals surface area contributed by atoms with E-state index >= 15 is 0 Å². The van der Waals surface area contributed by atoms with Gasteiger partial charge < -0.3 is 14.8 Å². The van der Waals surface area contributed by atoms with Crippen molar-refractivity contribution in [3.8, 4) is 11.3 Å². The number of carbonyl (C=O) groups excluding carboxylic acids is 1. The molecule has 1 atom stereocenters. The Morgan fingerprint density at radius 1 is 0.833 bits per heavy atom. The number of halogens is 1. The van der Waals surface area contributed by atoms with Crippen LogP contribution in [-0.2, 0) is 5.60 Å². The quantitative estimate of drug-likeness (QED) is 0.332. The average Bonchev–Trinajstić information content (AvgIpc) is 3.44. The van der Waals surface area contributed by atoms with E-state index in [1.54, 1.807) is 48.8 Å². The lowest BCUT2D eigenvalue weighted by atomic mass is 9.78. The second kappa shape index (κ2) is 9.93. The number of furan rings is 1. The summed E-state index contributed by atoms with van der Waals surface area (Å²) in [6.07, 6.45) is 6.23. The van der Waals surface area contributed by atoms with E-state index in [1.165, 1.54) is 36.7 Å². The summed E-state index contributed by atoms with van der Waals surface area (Å²) < 4.78 is 19.6. The standard InChI is InChI=1S/C29H22FN3O3/c30-24-12-10-21(11-13-24)27(29(35,22-8-4-16-31-18-22)23-9-5-17-32-19-23)33-28(34)26-15-14-25(36-26)20-6-2-1-3-7-20/h1-19,27,35H,(H,33,34)/t27-/m1/s1. The Morgan fingerprint density at radius 3 is 2.06 bits per heavy atom. The van der Waals surface area contributed by atoms with Gasteiger partial charge in [0.25, 0.3) is 5.91 Å². The minimum atomic E-state index is -1.79. The van der Waals surface area contributed by atoms with Crippen LogP contribution in [0.3, 0.4) is 0 Å². The highest BCUT2D eigenvalue weighted by atomic mass is 19.1. The molecule has 5 aromatic rings. The maximum atomic E-state index is 13.8. The summed E-state index contributed by atoms with van der Waals surface area (Å²) in [6.45, 7) is 0. The van der Waals surface area contributed by atoms with Gasteiger partial charge in [-0.15, -0.1) is 0 Å². The Morgan fingerprint density at radius 2 is 1.47 bits per heavy atom. The van der Waals surface area contributed by atoms with E-state index in [4.69, 9.17) is 4.42 Å². The van der Waals surface area contributed by atoms with E-state index in [2.05, 4.69) is 15.3 Å². The van der Waals surface area contributed by atoms with Crippen LogP contribution in [0.2, 0.25) is 0 Å². The van der Waals surface area contributed by atoms with Crippen LogP contribution < -0.4 is 5.32 Å². The van der Waals surface area contributed by atoms with Crippen LogP contribution in [-0.4, -0.2) is 21.0 Å². The first-order valence-corrected chi connectivity index (χ1v) is 11.3. The third kappa shape index (κ3) is 4.52. The highest BCUT2D eigenvalue weighted by molar-refractivity contribution is 5.92. The van der Waals surface area contributed by atoms with Crippen LogP contribution in [0.15, 0.2) is 120 Å². The van der Waals surface area contributed by atoms with Crippen LogP contribution in [0.5, 0.6) is 0 Å². The number of hydrogen-bond acceptors (Lipinski definition) is 5. The summed E-state index contributed by atoms with van der Waals surface area (Å²) in [7, 11) is 0. The lowest BCUT2D eigenvalue weighted by Gasteiger charge is -2.37. The highest BCUT2D eigenvalue weighted by Gasteiger charge is 2.43. The summed E-state index contributed by atoms with van der Waals surface area (Å²) in [5.74, 6) is -0.374. The third-order valence-electron chi connectivity index (χ3n) is 5.99. The molecule has 1 amide bonds. The smallest absolute Gasteiger partial charge is 0.287 e. The zero-order valence-corrected chi connectivity index (χ0v) is 19.1. The van der Waals surface area contributed by atoms with Gasteiger partial charge in [0.2, 0.25) is 0 Å². The fraction of sp³-hybridized carbons (Fsp3) is 0.0690. The SMILES string of the molecule is O=C(N[C@H](c1ccc(F)cc1)C(O)(c1cccnc1)c1cccnc1)c1ccc(-c2ccccc2)o1. The molecule has 7 heteroatoms. The minimum Gasteiger partial charge on any atom is -0.451 e. The number of aromatic nitrogens is 2. The lowest BCUT2D eigenvalue weighted by Crippen LogP contribution is -2.45. The summed E-state index contributed by atoms with van der Waals surface area (Å²) in [5, 5.41) is 15.2. The Hall–Kier alpha value is -4.62. The van der Waals surface area contributed by atoms with Crippen molar-refractivity contribution < 1.29 is 18.7 Å². The van der Waals surface area contributed by atoms with Crippen molar-refractivity contribution in [1.82, 2.24) is 15.3 Å². The minimum absolute atomic E-state index is 0.0701. The number of carbonyl (C=O) groups is 1. The van der Waals surface area contributed by atoms with Crippen molar-refractivity contribution >= 4 is 5.91 Å². The molecule has 0 saturated heterocycles. The molecule has 5 rings (SSSR count). The normalized spacial score (nSPS) is 12.2. The van der Waals surface area contributed by atoms with Gasteiger partial charge in [0.05, 0.1) is 6.04 Å². The molecule has 36 heavy (non-hydrogen) atoms. The molecule has 2 N–H and O–H groups in total. The van der Waals surface area contributed by atoms with Gasteiger partial charge in [-0.25, -0.2) is 4.39 Å². The Labute approximate surface area is 207 Å². The first kappa shape index (κ1) is 23.1. The molecule has 0 bridgehead atoms. The molecule has 178 valence electrons. The predicted molar refractivity (Wildman–Crippen MR) is 132 cm³/mol. The van der Waals surface area contributed by atoms with Gasteiger partial charge in [0.15, 0.2) is 5.76 Å². The van der Waals surface area contributed by atoms with E-state index in [0.29, 0.717) is 22.5 Å². The first-order chi connectivity index (χ1) is 17.6. The molecule has 3 heterocycles. The highest BCUT2D eigenvalue weighted by Crippen LogP contribution is 2.41. The predicted octanol–water partition coefficient (Wildman–Crippen LogP) is 5.28. The van der Waals surface area contributed by atoms with Crippen molar-refractivity contribution in [2.24, 2.45) is 0 Å². The monoisotopic (exact) mass is 479 g/mol. The number of benzene rings is 2. The third-order valence-corrected chi connectivity index (χ3v) is 5.99. The van der Waals surface area contributed by atoms with Crippen molar-refractivity contribution in [3.63, 3.8) is 0 Å². The molecule has 2 aromatic carbocycles. The fourth-order valence-corrected chi connectivity index (χ4v) is 4.18. The van der Waals surface area contributed by atoms with Gasteiger partial charge in [0, 0.05) is 41.5 Å². The number of pyridine rings is 2. The summed E-state index contributed by atoms with van der Waals surface area (Å²) in [6, 6.07) is 24.1. The molecular formula is C29H22FN3O3. The van der Waals surface area contributed by atoms with E-state index in [1.807, 2.05) is 30.3 Å². The molecule has 3 aromatic heterocycles. The Bertz CT molecular complexity index is 1400. The molecule has 0 fully saturated rings. The molecular weight excluding hydrogens is 457 g/mol. The lowest BCUT2D eigenvalue weighted by molar-refractivity contribution is 0.0325. The number of nitrogens with zero attached hydrogens (tertiary/aromatic N) is 2. The molecule has 0 saturated carbocycles. The summed E-state index contributed by atoms with van der Waals surface area (Å²) >= 11 is 0. The van der Waals surface area contributed by atoms with Crippen molar-refractivity contribution in [2.75, 3.05) is 0 Å². The van der Waals surface area contributed by atoms with Crippen LogP contribution in [0.25, 0.3) is 11.3 Å². The molecule has 0 unspecified atom stereocenters. The molecule has 0 aliphatic heterocycles. The molecule has 0 spiro atoms. The largest absolute Gasteiger partial charge is 0.451 e. The number of rotatable bonds is 7. The number of amides is 1. The van der Waals surface area contributed by atoms with E-state index in [9.17, 15) is 14.3 Å². The van der Waals surface area contributed by atoms with E-state index < -0.39 is 23.4 Å². The second-order valence-electron chi connectivity index (χ2n) is 8.24. The molecule has 0 radical (unpaired) electrons. The van der Waals surface area contributed by atoms with E-state index in [-0.39, 0.29) is 5.76 Å². The first-order valence-electron chi connectivity index (χ1n) is 11.3. The van der Waals surface area contributed by atoms with Gasteiger partial charge >= 0.3 is 0 Å². The number of hydrogen-bond donors (Lipinski definition) is 2. The molecule has 0 aliphatic rings. The van der Waals surface area contributed by atoms with Gasteiger partial charge in [-0.2, -0.15) is 0 Å². The van der Waals surface area contributed by atoms with Gasteiger partial charge in [-0.3, -0.25) is 14.8 Å². The fourth-order valence-electron chi connectivity index (χ4n) is 4.18. The molecule has 6 nitrogen and oxygen atoms in total. The van der Waals surface area contributed by atoms with Crippen molar-refractivity contribution in [1.29, 1.82) is 0 Å². The van der Waals surface area contributed by atoms with Gasteiger partial charge in [0.1, 0.15) is 17.2 Å². The summed E-state index contributed by atoms with van der Waals surface area (Å²) in [5.41, 5.74) is 0.378. The van der Waals surface area contributed by atoms with Crippen LogP contribution in [0.1, 0.15) is 33.3 Å². The average molecular weight is 480 g/mol. The van der Waals surface area contributed by atoms with Crippen LogP contribution in [0.4, 0.5) is 4.39 Å². The van der Waals surface area contributed by atoms with Crippen LogP contribution in [0, 0.1) is 5.82 Å². The van der Waals surface area contributed by atoms with Crippen LogP contribution >= 0.6 is 0 Å². The Kier molecular flexibility index (Phi) is 6.38. The molecule has 0 aliphatic carbocycles.